The SMILES string of the molecule is CC1OC1COC(C)(C)CCOC(C)(C)CC1CO1. The van der Waals surface area contributed by atoms with E-state index in [0.717, 1.165) is 19.4 Å². The Bertz CT molecular complexity index is 297. The second-order valence-corrected chi connectivity index (χ2v) is 6.97. The summed E-state index contributed by atoms with van der Waals surface area (Å²) in [6.07, 6.45) is 2.94. The van der Waals surface area contributed by atoms with Crippen molar-refractivity contribution < 1.29 is 18.9 Å². The summed E-state index contributed by atoms with van der Waals surface area (Å²) in [6, 6.07) is 0. The normalized spacial score (nSPS) is 30.5. The van der Waals surface area contributed by atoms with E-state index in [9.17, 15) is 0 Å². The minimum atomic E-state index is -0.155. The van der Waals surface area contributed by atoms with Crippen LogP contribution in [0.25, 0.3) is 0 Å². The van der Waals surface area contributed by atoms with E-state index < -0.39 is 0 Å². The summed E-state index contributed by atoms with van der Waals surface area (Å²) in [6.45, 7) is 12.8. The van der Waals surface area contributed by atoms with Crippen molar-refractivity contribution in [3.63, 3.8) is 0 Å². The Morgan fingerprint density at radius 3 is 2.26 bits per heavy atom. The van der Waals surface area contributed by atoms with Crippen LogP contribution in [0.4, 0.5) is 0 Å². The average Bonchev–Trinajstić information content (AvgIpc) is 3.15. The Morgan fingerprint density at radius 2 is 1.74 bits per heavy atom. The van der Waals surface area contributed by atoms with Gasteiger partial charge in [0.15, 0.2) is 0 Å². The molecule has 0 aromatic heterocycles. The highest BCUT2D eigenvalue weighted by Crippen LogP contribution is 2.27. The van der Waals surface area contributed by atoms with E-state index in [2.05, 4.69) is 34.6 Å². The standard InChI is InChI=1S/C15H28O4/c1-11-13(19-11)10-18-14(2,3)6-7-17-15(4,5)8-12-9-16-12/h11-13H,6-10H2,1-5H3. The molecular weight excluding hydrogens is 244 g/mol. The predicted molar refractivity (Wildman–Crippen MR) is 73.4 cm³/mol. The fraction of sp³-hybridized carbons (Fsp3) is 1.00. The highest BCUT2D eigenvalue weighted by molar-refractivity contribution is 4.83. The molecule has 4 nitrogen and oxygen atoms in total. The van der Waals surface area contributed by atoms with Crippen molar-refractivity contribution in [1.82, 2.24) is 0 Å². The van der Waals surface area contributed by atoms with E-state index in [1.807, 2.05) is 0 Å². The van der Waals surface area contributed by atoms with Crippen LogP contribution >= 0.6 is 0 Å². The van der Waals surface area contributed by atoms with Gasteiger partial charge in [-0.1, -0.05) is 0 Å². The molecule has 112 valence electrons. The van der Waals surface area contributed by atoms with Gasteiger partial charge in [0.2, 0.25) is 0 Å². The first-order chi connectivity index (χ1) is 8.77. The average molecular weight is 272 g/mol. The van der Waals surface area contributed by atoms with Gasteiger partial charge in [0.25, 0.3) is 0 Å². The Morgan fingerprint density at radius 1 is 1.11 bits per heavy atom. The molecular formula is C15H28O4. The first-order valence-corrected chi connectivity index (χ1v) is 7.32. The van der Waals surface area contributed by atoms with Gasteiger partial charge in [-0.15, -0.1) is 0 Å². The minimum absolute atomic E-state index is 0.106. The lowest BCUT2D eigenvalue weighted by molar-refractivity contribution is -0.0782. The van der Waals surface area contributed by atoms with Crippen molar-refractivity contribution in [2.75, 3.05) is 19.8 Å². The maximum Gasteiger partial charge on any atom is 0.107 e. The zero-order chi connectivity index (χ0) is 14.1. The molecule has 2 fully saturated rings. The topological polar surface area (TPSA) is 43.5 Å². The molecule has 19 heavy (non-hydrogen) atoms. The van der Waals surface area contributed by atoms with E-state index in [0.29, 0.717) is 31.5 Å². The lowest BCUT2D eigenvalue weighted by atomic mass is 10.0. The molecule has 2 aliphatic rings. The molecule has 3 atom stereocenters. The molecule has 0 bridgehead atoms. The third-order valence-electron chi connectivity index (χ3n) is 3.79. The molecule has 0 aromatic carbocycles. The molecule has 0 radical (unpaired) electrons. The highest BCUT2D eigenvalue weighted by Gasteiger charge is 2.36. The van der Waals surface area contributed by atoms with E-state index in [4.69, 9.17) is 18.9 Å². The van der Waals surface area contributed by atoms with Crippen molar-refractivity contribution >= 4 is 0 Å². The van der Waals surface area contributed by atoms with Crippen molar-refractivity contribution in [3.05, 3.63) is 0 Å². The molecule has 2 heterocycles. The van der Waals surface area contributed by atoms with Crippen molar-refractivity contribution in [2.45, 2.75) is 77.0 Å². The summed E-state index contributed by atoms with van der Waals surface area (Å²) >= 11 is 0. The van der Waals surface area contributed by atoms with Crippen LogP contribution in [0, 0.1) is 0 Å². The van der Waals surface area contributed by atoms with Crippen LogP contribution in [0.1, 0.15) is 47.5 Å². The number of hydrogen-bond donors (Lipinski definition) is 0. The smallest absolute Gasteiger partial charge is 0.107 e. The van der Waals surface area contributed by atoms with Gasteiger partial charge in [0, 0.05) is 6.42 Å². The van der Waals surface area contributed by atoms with E-state index in [-0.39, 0.29) is 11.2 Å². The van der Waals surface area contributed by atoms with Gasteiger partial charge in [-0.25, -0.2) is 0 Å². The van der Waals surface area contributed by atoms with Crippen LogP contribution in [0.15, 0.2) is 0 Å². The summed E-state index contributed by atoms with van der Waals surface area (Å²) < 4.78 is 22.5. The van der Waals surface area contributed by atoms with Crippen molar-refractivity contribution in [2.24, 2.45) is 0 Å². The maximum absolute atomic E-state index is 5.97. The Kier molecular flexibility index (Phi) is 4.56. The van der Waals surface area contributed by atoms with Crippen molar-refractivity contribution in [3.8, 4) is 0 Å². The van der Waals surface area contributed by atoms with Gasteiger partial charge in [0.1, 0.15) is 6.10 Å². The third-order valence-corrected chi connectivity index (χ3v) is 3.79. The number of hydrogen-bond acceptors (Lipinski definition) is 4. The molecule has 0 amide bonds. The van der Waals surface area contributed by atoms with Gasteiger partial charge in [-0.2, -0.15) is 0 Å². The molecule has 0 spiro atoms. The molecule has 2 saturated heterocycles. The molecule has 0 saturated carbocycles. The Balaban J connectivity index is 1.59. The summed E-state index contributed by atoms with van der Waals surface area (Å²) in [5, 5.41) is 0. The molecule has 0 aliphatic carbocycles. The second-order valence-electron chi connectivity index (χ2n) is 6.97. The van der Waals surface area contributed by atoms with Crippen LogP contribution in [-0.2, 0) is 18.9 Å². The third kappa shape index (κ3) is 5.78. The number of epoxide rings is 2. The molecule has 4 heteroatoms. The fourth-order valence-electron chi connectivity index (χ4n) is 2.15. The monoisotopic (exact) mass is 272 g/mol. The van der Waals surface area contributed by atoms with Crippen LogP contribution < -0.4 is 0 Å². The maximum atomic E-state index is 5.97. The number of rotatable bonds is 9. The molecule has 2 rings (SSSR count). The summed E-state index contributed by atoms with van der Waals surface area (Å²) in [7, 11) is 0. The Labute approximate surface area is 116 Å². The van der Waals surface area contributed by atoms with E-state index >= 15 is 0 Å². The molecule has 3 unspecified atom stereocenters. The predicted octanol–water partition coefficient (Wildman–Crippen LogP) is 2.54. The number of ether oxygens (including phenoxy) is 4. The van der Waals surface area contributed by atoms with Crippen LogP contribution in [0.3, 0.4) is 0 Å². The summed E-state index contributed by atoms with van der Waals surface area (Å²) in [5.74, 6) is 0. The summed E-state index contributed by atoms with van der Waals surface area (Å²) in [4.78, 5) is 0. The second kappa shape index (κ2) is 5.68. The molecule has 0 aromatic rings. The molecule has 2 aliphatic heterocycles. The van der Waals surface area contributed by atoms with Crippen molar-refractivity contribution in [1.29, 1.82) is 0 Å². The van der Waals surface area contributed by atoms with Crippen LogP contribution in [-0.4, -0.2) is 49.3 Å². The fourth-order valence-corrected chi connectivity index (χ4v) is 2.15. The van der Waals surface area contributed by atoms with Gasteiger partial charge >= 0.3 is 0 Å². The lowest BCUT2D eigenvalue weighted by Crippen LogP contribution is -2.32. The zero-order valence-electron chi connectivity index (χ0n) is 12.9. The first-order valence-electron chi connectivity index (χ1n) is 7.32. The van der Waals surface area contributed by atoms with E-state index in [1.165, 1.54) is 0 Å². The summed E-state index contributed by atoms with van der Waals surface area (Å²) in [5.41, 5.74) is -0.261. The van der Waals surface area contributed by atoms with E-state index in [1.54, 1.807) is 0 Å². The van der Waals surface area contributed by atoms with Crippen LogP contribution in [0.5, 0.6) is 0 Å². The first kappa shape index (κ1) is 15.2. The minimum Gasteiger partial charge on any atom is -0.375 e. The van der Waals surface area contributed by atoms with Crippen LogP contribution in [0.2, 0.25) is 0 Å². The highest BCUT2D eigenvalue weighted by atomic mass is 16.6. The molecule has 0 N–H and O–H groups in total. The van der Waals surface area contributed by atoms with Gasteiger partial charge in [0.05, 0.1) is 43.2 Å². The van der Waals surface area contributed by atoms with Gasteiger partial charge in [-0.3, -0.25) is 0 Å². The van der Waals surface area contributed by atoms with Gasteiger partial charge < -0.3 is 18.9 Å². The lowest BCUT2D eigenvalue weighted by Gasteiger charge is -2.29. The van der Waals surface area contributed by atoms with Gasteiger partial charge in [-0.05, 0) is 41.0 Å². The quantitative estimate of drug-likeness (QED) is 0.605. The largest absolute Gasteiger partial charge is 0.375 e. The zero-order valence-corrected chi connectivity index (χ0v) is 12.9. The Hall–Kier alpha value is -0.160.